The van der Waals surface area contributed by atoms with E-state index in [0.717, 1.165) is 0 Å². The van der Waals surface area contributed by atoms with Gasteiger partial charge in [0, 0.05) is 0 Å². The van der Waals surface area contributed by atoms with Crippen LogP contribution in [0, 0.1) is 0 Å². The molecule has 82 valence electrons. The molecule has 2 rings (SSSR count). The molecule has 0 unspecified atom stereocenters. The molecule has 0 radical (unpaired) electrons. The van der Waals surface area contributed by atoms with Crippen molar-refractivity contribution < 1.29 is 0 Å². The number of rotatable bonds is 1. The first-order valence-corrected chi connectivity index (χ1v) is 9.42. The molecule has 1 aliphatic carbocycles. The maximum Gasteiger partial charge on any atom is -0.00324 e. The van der Waals surface area contributed by atoms with Crippen LogP contribution in [0.1, 0.15) is 58.3 Å². The molecule has 1 heterocycles. The standard InChI is InChI=1S/C12H23PS/c1-12(8-4-2-5-9-12)13(14)10-6-3-7-11-13/h2-11H2,1H3. The molecule has 14 heavy (non-hydrogen) atoms. The largest absolute Gasteiger partial charge is 0.0969 e. The highest BCUT2D eigenvalue weighted by Gasteiger charge is 2.40. The van der Waals surface area contributed by atoms with Gasteiger partial charge in [-0.2, -0.15) is 0 Å². The van der Waals surface area contributed by atoms with Gasteiger partial charge in [-0.05, 0) is 49.2 Å². The van der Waals surface area contributed by atoms with Crippen molar-refractivity contribution in [2.45, 2.75) is 63.4 Å². The molecule has 0 aromatic carbocycles. The topological polar surface area (TPSA) is 0 Å². The number of hydrogen-bond donors (Lipinski definition) is 0. The Balaban J connectivity index is 2.13. The lowest BCUT2D eigenvalue weighted by Gasteiger charge is -2.46. The fraction of sp³-hybridized carbons (Fsp3) is 1.00. The lowest BCUT2D eigenvalue weighted by molar-refractivity contribution is 0.411. The second-order valence-electron chi connectivity index (χ2n) is 5.45. The summed E-state index contributed by atoms with van der Waals surface area (Å²) in [5.74, 6) is 0. The second kappa shape index (κ2) is 4.26. The zero-order chi connectivity index (χ0) is 10.1. The van der Waals surface area contributed by atoms with Crippen molar-refractivity contribution in [3.05, 3.63) is 0 Å². The molecule has 0 nitrogen and oxygen atoms in total. The summed E-state index contributed by atoms with van der Waals surface area (Å²) in [4.78, 5) is 0. The highest BCUT2D eigenvalue weighted by molar-refractivity contribution is 8.15. The lowest BCUT2D eigenvalue weighted by atomic mass is 9.90. The molecule has 1 saturated carbocycles. The molecule has 1 saturated heterocycles. The van der Waals surface area contributed by atoms with E-state index >= 15 is 0 Å². The Morgan fingerprint density at radius 1 is 0.857 bits per heavy atom. The molecule has 0 atom stereocenters. The number of hydrogen-bond acceptors (Lipinski definition) is 1. The molecule has 2 aliphatic rings. The van der Waals surface area contributed by atoms with Crippen LogP contribution in [0.5, 0.6) is 0 Å². The van der Waals surface area contributed by atoms with Gasteiger partial charge in [0.25, 0.3) is 0 Å². The van der Waals surface area contributed by atoms with Crippen LogP contribution in [0.3, 0.4) is 0 Å². The molecule has 0 aromatic rings. The fourth-order valence-corrected chi connectivity index (χ4v) is 8.51. The van der Waals surface area contributed by atoms with Gasteiger partial charge in [0.1, 0.15) is 0 Å². The molecule has 0 bridgehead atoms. The molecule has 0 aromatic heterocycles. The van der Waals surface area contributed by atoms with Gasteiger partial charge in [0.2, 0.25) is 0 Å². The Labute approximate surface area is 93.9 Å². The summed E-state index contributed by atoms with van der Waals surface area (Å²) in [6, 6.07) is -0.967. The van der Waals surface area contributed by atoms with Gasteiger partial charge in [-0.25, -0.2) is 0 Å². The van der Waals surface area contributed by atoms with Crippen molar-refractivity contribution in [2.75, 3.05) is 12.3 Å². The summed E-state index contributed by atoms with van der Waals surface area (Å²) in [6.07, 6.45) is 14.5. The van der Waals surface area contributed by atoms with Gasteiger partial charge in [-0.1, -0.05) is 44.4 Å². The first-order chi connectivity index (χ1) is 6.66. The summed E-state index contributed by atoms with van der Waals surface area (Å²) in [5, 5.41) is 0.612. The minimum Gasteiger partial charge on any atom is -0.0969 e. The van der Waals surface area contributed by atoms with Crippen molar-refractivity contribution in [1.82, 2.24) is 0 Å². The van der Waals surface area contributed by atoms with Gasteiger partial charge in [0.05, 0.1) is 0 Å². The smallest absolute Gasteiger partial charge is 0.00324 e. The van der Waals surface area contributed by atoms with Crippen LogP contribution in [0.4, 0.5) is 0 Å². The van der Waals surface area contributed by atoms with Gasteiger partial charge in [-0.15, -0.1) is 0 Å². The molecule has 0 amide bonds. The fourth-order valence-electron chi connectivity index (χ4n) is 3.28. The van der Waals surface area contributed by atoms with E-state index in [1.165, 1.54) is 63.7 Å². The molecule has 2 fully saturated rings. The zero-order valence-electron chi connectivity index (χ0n) is 9.43. The summed E-state index contributed by atoms with van der Waals surface area (Å²) < 4.78 is 0. The highest BCUT2D eigenvalue weighted by Crippen LogP contribution is 2.65. The van der Waals surface area contributed by atoms with E-state index in [2.05, 4.69) is 6.92 Å². The van der Waals surface area contributed by atoms with Crippen LogP contribution < -0.4 is 0 Å². The quantitative estimate of drug-likeness (QED) is 0.603. The third kappa shape index (κ3) is 1.95. The highest BCUT2D eigenvalue weighted by atomic mass is 32.4. The van der Waals surface area contributed by atoms with Crippen LogP contribution in [0.25, 0.3) is 0 Å². The van der Waals surface area contributed by atoms with Gasteiger partial charge >= 0.3 is 0 Å². The average Bonchev–Trinajstić information content (AvgIpc) is 2.20. The zero-order valence-corrected chi connectivity index (χ0v) is 11.1. The minimum absolute atomic E-state index is 0.612. The van der Waals surface area contributed by atoms with E-state index in [-0.39, 0.29) is 0 Å². The van der Waals surface area contributed by atoms with E-state index in [9.17, 15) is 0 Å². The Morgan fingerprint density at radius 3 is 1.93 bits per heavy atom. The van der Waals surface area contributed by atoms with Crippen LogP contribution in [-0.4, -0.2) is 17.5 Å². The normalized spacial score (nSPS) is 31.2. The minimum atomic E-state index is -0.967. The lowest BCUT2D eigenvalue weighted by Crippen LogP contribution is -2.31. The third-order valence-electron chi connectivity index (χ3n) is 4.45. The van der Waals surface area contributed by atoms with Gasteiger partial charge in [-0.3, -0.25) is 0 Å². The van der Waals surface area contributed by atoms with Crippen molar-refractivity contribution >= 4 is 17.8 Å². The first kappa shape index (κ1) is 11.1. The average molecular weight is 230 g/mol. The van der Waals surface area contributed by atoms with E-state index in [0.29, 0.717) is 5.16 Å². The second-order valence-corrected chi connectivity index (χ2v) is 11.3. The Bertz CT molecular complexity index is 231. The SMILES string of the molecule is CC1(P2(=S)CCCCC2)CCCCC1. The summed E-state index contributed by atoms with van der Waals surface area (Å²) in [5.41, 5.74) is 0. The van der Waals surface area contributed by atoms with E-state index in [1.54, 1.807) is 0 Å². The maximum absolute atomic E-state index is 6.10. The van der Waals surface area contributed by atoms with Crippen molar-refractivity contribution in [1.29, 1.82) is 0 Å². The van der Waals surface area contributed by atoms with E-state index in [4.69, 9.17) is 11.8 Å². The monoisotopic (exact) mass is 230 g/mol. The van der Waals surface area contributed by atoms with Gasteiger partial charge in [0.15, 0.2) is 0 Å². The van der Waals surface area contributed by atoms with E-state index < -0.39 is 6.04 Å². The van der Waals surface area contributed by atoms with Crippen LogP contribution in [0.15, 0.2) is 0 Å². The molecular weight excluding hydrogens is 207 g/mol. The molecule has 0 spiro atoms. The predicted octanol–water partition coefficient (Wildman–Crippen LogP) is 4.37. The van der Waals surface area contributed by atoms with Crippen LogP contribution in [0.2, 0.25) is 0 Å². The van der Waals surface area contributed by atoms with Crippen molar-refractivity contribution in [3.63, 3.8) is 0 Å². The third-order valence-corrected chi connectivity index (χ3v) is 11.4. The predicted molar refractivity (Wildman–Crippen MR) is 69.4 cm³/mol. The summed E-state index contributed by atoms with van der Waals surface area (Å²) in [6.45, 7) is 2.53. The maximum atomic E-state index is 6.10. The molecule has 0 N–H and O–H groups in total. The van der Waals surface area contributed by atoms with Gasteiger partial charge < -0.3 is 0 Å². The molecule has 2 heteroatoms. The van der Waals surface area contributed by atoms with Crippen LogP contribution >= 0.6 is 6.04 Å². The molecular formula is C12H23PS. The molecule has 1 aliphatic heterocycles. The van der Waals surface area contributed by atoms with Crippen molar-refractivity contribution in [3.8, 4) is 0 Å². The Morgan fingerprint density at radius 2 is 1.36 bits per heavy atom. The summed E-state index contributed by atoms with van der Waals surface area (Å²) in [7, 11) is 0. The van der Waals surface area contributed by atoms with E-state index in [1.807, 2.05) is 0 Å². The summed E-state index contributed by atoms with van der Waals surface area (Å²) >= 11 is 6.10. The Hall–Kier alpha value is 0.650. The van der Waals surface area contributed by atoms with Crippen LogP contribution in [-0.2, 0) is 11.8 Å². The van der Waals surface area contributed by atoms with Crippen molar-refractivity contribution in [2.24, 2.45) is 0 Å². The Kier molecular flexibility index (Phi) is 3.39. The first-order valence-electron chi connectivity index (χ1n) is 6.25.